The number of hydrogen-bond acceptors (Lipinski definition) is 3. The third-order valence-corrected chi connectivity index (χ3v) is 5.50. The molecule has 0 unspecified atom stereocenters. The first-order chi connectivity index (χ1) is 11.7. The maximum atomic E-state index is 12.6. The van der Waals surface area contributed by atoms with Crippen molar-refractivity contribution in [2.45, 2.75) is 37.8 Å². The molecule has 0 bridgehead atoms. The number of benzene rings is 1. The largest absolute Gasteiger partial charge is 0.390 e. The van der Waals surface area contributed by atoms with Gasteiger partial charge in [0.25, 0.3) is 0 Å². The smallest absolute Gasteiger partial charge is 0.223 e. The number of hydrogen-bond donors (Lipinski definition) is 2. The van der Waals surface area contributed by atoms with Gasteiger partial charge in [0, 0.05) is 36.6 Å². The molecule has 0 spiro atoms. The van der Waals surface area contributed by atoms with Gasteiger partial charge in [-0.15, -0.1) is 0 Å². The van der Waals surface area contributed by atoms with Crippen molar-refractivity contribution in [2.75, 3.05) is 26.2 Å². The maximum Gasteiger partial charge on any atom is 0.223 e. The summed E-state index contributed by atoms with van der Waals surface area (Å²) in [4.78, 5) is 20.0. The van der Waals surface area contributed by atoms with E-state index in [2.05, 4.69) is 22.0 Å². The first kappa shape index (κ1) is 15.7. The summed E-state index contributed by atoms with van der Waals surface area (Å²) in [6, 6.07) is 8.31. The fourth-order valence-corrected chi connectivity index (χ4v) is 4.14. The Hall–Kier alpha value is -1.85. The maximum absolute atomic E-state index is 12.6. The van der Waals surface area contributed by atoms with Crippen LogP contribution in [-0.2, 0) is 11.2 Å². The van der Waals surface area contributed by atoms with Gasteiger partial charge in [0.05, 0.1) is 12.1 Å². The number of carbonyl (C=O) groups is 1. The summed E-state index contributed by atoms with van der Waals surface area (Å²) in [7, 11) is 0. The highest BCUT2D eigenvalue weighted by Crippen LogP contribution is 2.23. The molecule has 1 aromatic heterocycles. The van der Waals surface area contributed by atoms with Crippen LogP contribution in [0.15, 0.2) is 30.5 Å². The van der Waals surface area contributed by atoms with Gasteiger partial charge in [-0.1, -0.05) is 18.2 Å². The molecule has 2 aliphatic heterocycles. The van der Waals surface area contributed by atoms with E-state index in [4.69, 9.17) is 0 Å². The lowest BCUT2D eigenvalue weighted by atomic mass is 10.1. The summed E-state index contributed by atoms with van der Waals surface area (Å²) in [6.45, 7) is 3.26. The van der Waals surface area contributed by atoms with E-state index in [9.17, 15) is 9.90 Å². The number of nitrogens with one attached hydrogen (secondary N) is 1. The van der Waals surface area contributed by atoms with Gasteiger partial charge >= 0.3 is 0 Å². The number of aromatic amines is 1. The van der Waals surface area contributed by atoms with Crippen LogP contribution in [0.25, 0.3) is 10.9 Å². The van der Waals surface area contributed by atoms with Crippen LogP contribution in [0.1, 0.15) is 24.8 Å². The molecule has 3 heterocycles. The number of aliphatic hydroxyl groups is 1. The lowest BCUT2D eigenvalue weighted by molar-refractivity contribution is -0.130. The average Bonchev–Trinajstić information content (AvgIpc) is 3.32. The van der Waals surface area contributed by atoms with Crippen molar-refractivity contribution >= 4 is 16.8 Å². The SMILES string of the molecule is O=C(CCc1c[nH]c2ccccc12)N1C[C@@H](O)[C@H](N2CCCC2)C1. The monoisotopic (exact) mass is 327 g/mol. The number of fused-ring (bicyclic) bond motifs is 1. The minimum Gasteiger partial charge on any atom is -0.390 e. The van der Waals surface area contributed by atoms with E-state index in [1.165, 1.54) is 23.8 Å². The van der Waals surface area contributed by atoms with Gasteiger partial charge in [-0.25, -0.2) is 0 Å². The number of nitrogens with zero attached hydrogens (tertiary/aromatic N) is 2. The van der Waals surface area contributed by atoms with Crippen molar-refractivity contribution in [1.82, 2.24) is 14.8 Å². The van der Waals surface area contributed by atoms with Gasteiger partial charge in [0.1, 0.15) is 0 Å². The molecule has 5 nitrogen and oxygen atoms in total. The van der Waals surface area contributed by atoms with Crippen LogP contribution >= 0.6 is 0 Å². The quantitative estimate of drug-likeness (QED) is 0.900. The minimum atomic E-state index is -0.403. The summed E-state index contributed by atoms with van der Waals surface area (Å²) in [5.41, 5.74) is 2.31. The van der Waals surface area contributed by atoms with Crippen LogP contribution in [0.5, 0.6) is 0 Å². The molecule has 24 heavy (non-hydrogen) atoms. The predicted molar refractivity (Wildman–Crippen MR) is 93.8 cm³/mol. The van der Waals surface area contributed by atoms with E-state index in [0.29, 0.717) is 19.5 Å². The Kier molecular flexibility index (Phi) is 4.29. The Morgan fingerprint density at radius 1 is 1.21 bits per heavy atom. The van der Waals surface area contributed by atoms with Crippen LogP contribution in [0.4, 0.5) is 0 Å². The number of H-pyrrole nitrogens is 1. The first-order valence-corrected chi connectivity index (χ1v) is 8.97. The van der Waals surface area contributed by atoms with Gasteiger partial charge in [-0.2, -0.15) is 0 Å². The van der Waals surface area contributed by atoms with E-state index >= 15 is 0 Å². The van der Waals surface area contributed by atoms with E-state index in [1.807, 2.05) is 23.2 Å². The molecule has 0 radical (unpaired) electrons. The van der Waals surface area contributed by atoms with Crippen molar-refractivity contribution < 1.29 is 9.90 Å². The molecule has 5 heteroatoms. The van der Waals surface area contributed by atoms with Gasteiger partial charge in [-0.05, 0) is 44.0 Å². The van der Waals surface area contributed by atoms with E-state index in [-0.39, 0.29) is 11.9 Å². The lowest BCUT2D eigenvalue weighted by Gasteiger charge is -2.25. The van der Waals surface area contributed by atoms with Crippen molar-refractivity contribution in [3.8, 4) is 0 Å². The third kappa shape index (κ3) is 2.94. The Balaban J connectivity index is 1.36. The zero-order valence-electron chi connectivity index (χ0n) is 13.9. The molecular formula is C19H25N3O2. The standard InChI is InChI=1S/C19H25N3O2/c23-18-13-22(12-17(18)21-9-3-4-10-21)19(24)8-7-14-11-20-16-6-2-1-5-15(14)16/h1-2,5-6,11,17-18,20,23H,3-4,7-10,12-13H2/t17-,18-/m1/s1. The number of amides is 1. The van der Waals surface area contributed by atoms with Crippen LogP contribution in [0, 0.1) is 0 Å². The molecule has 2 atom stereocenters. The second-order valence-electron chi connectivity index (χ2n) is 7.04. The van der Waals surface area contributed by atoms with Crippen molar-refractivity contribution in [2.24, 2.45) is 0 Å². The fourth-order valence-electron chi connectivity index (χ4n) is 4.14. The van der Waals surface area contributed by atoms with Crippen LogP contribution in [-0.4, -0.2) is 64.1 Å². The van der Waals surface area contributed by atoms with E-state index in [0.717, 1.165) is 25.0 Å². The number of β-amino-alcohol motifs (C(OH)–C–C–N with tert-alkyl or cyclic N) is 1. The highest BCUT2D eigenvalue weighted by Gasteiger charge is 2.38. The van der Waals surface area contributed by atoms with Gasteiger partial charge in [0.15, 0.2) is 0 Å². The normalized spacial score (nSPS) is 25.0. The van der Waals surface area contributed by atoms with E-state index in [1.54, 1.807) is 0 Å². The number of para-hydroxylation sites is 1. The summed E-state index contributed by atoms with van der Waals surface area (Å²) >= 11 is 0. The summed E-state index contributed by atoms with van der Waals surface area (Å²) in [5, 5.41) is 11.5. The molecular weight excluding hydrogens is 302 g/mol. The van der Waals surface area contributed by atoms with Gasteiger partial charge in [-0.3, -0.25) is 9.69 Å². The molecule has 2 N–H and O–H groups in total. The molecule has 2 fully saturated rings. The topological polar surface area (TPSA) is 59.6 Å². The van der Waals surface area contributed by atoms with Crippen molar-refractivity contribution in [3.05, 3.63) is 36.0 Å². The summed E-state index contributed by atoms with van der Waals surface area (Å²) < 4.78 is 0. The van der Waals surface area contributed by atoms with Gasteiger partial charge in [0.2, 0.25) is 5.91 Å². The highest BCUT2D eigenvalue weighted by molar-refractivity contribution is 5.84. The number of aromatic nitrogens is 1. The molecule has 1 aromatic carbocycles. The molecule has 2 saturated heterocycles. The van der Waals surface area contributed by atoms with Crippen molar-refractivity contribution in [1.29, 1.82) is 0 Å². The second-order valence-corrected chi connectivity index (χ2v) is 7.04. The molecule has 0 saturated carbocycles. The first-order valence-electron chi connectivity index (χ1n) is 8.97. The molecule has 128 valence electrons. The van der Waals surface area contributed by atoms with E-state index < -0.39 is 6.10 Å². The highest BCUT2D eigenvalue weighted by atomic mass is 16.3. The Labute approximate surface area is 142 Å². The average molecular weight is 327 g/mol. The number of rotatable bonds is 4. The Morgan fingerprint density at radius 3 is 2.83 bits per heavy atom. The molecule has 4 rings (SSSR count). The molecule has 2 aliphatic rings. The minimum absolute atomic E-state index is 0.129. The summed E-state index contributed by atoms with van der Waals surface area (Å²) in [6.07, 6.45) is 5.25. The molecule has 0 aliphatic carbocycles. The Bertz CT molecular complexity index is 720. The third-order valence-electron chi connectivity index (χ3n) is 5.50. The summed E-state index contributed by atoms with van der Waals surface area (Å²) in [5.74, 6) is 0.154. The van der Waals surface area contributed by atoms with Gasteiger partial charge < -0.3 is 15.0 Å². The number of aryl methyl sites for hydroxylation is 1. The number of carbonyl (C=O) groups excluding carboxylic acids is 1. The van der Waals surface area contributed by atoms with Crippen LogP contribution in [0.3, 0.4) is 0 Å². The van der Waals surface area contributed by atoms with Crippen molar-refractivity contribution in [3.63, 3.8) is 0 Å². The number of aliphatic hydroxyl groups excluding tert-OH is 1. The molecule has 2 aromatic rings. The fraction of sp³-hybridized carbons (Fsp3) is 0.526. The zero-order valence-corrected chi connectivity index (χ0v) is 13.9. The lowest BCUT2D eigenvalue weighted by Crippen LogP contribution is -2.41. The zero-order chi connectivity index (χ0) is 16.5. The second kappa shape index (κ2) is 6.57. The van der Waals surface area contributed by atoms with Crippen LogP contribution < -0.4 is 0 Å². The van der Waals surface area contributed by atoms with Crippen LogP contribution in [0.2, 0.25) is 0 Å². The number of likely N-dealkylation sites (tertiary alicyclic amines) is 2. The molecule has 1 amide bonds. The Morgan fingerprint density at radius 2 is 2.00 bits per heavy atom. The predicted octanol–water partition coefficient (Wildman–Crippen LogP) is 1.77.